The SMILES string of the molecule is CC1(C)c2ccccc2-c2ccc(N(c3ccccc3)c3cccc(N(c4ccccc4)c4cccc5c4-c4ccccc4C54c5ccccc5-c5ccccc54)c3)cc21. The third-order valence-corrected chi connectivity index (χ3v) is 13.4. The van der Waals surface area contributed by atoms with Crippen molar-refractivity contribution in [3.8, 4) is 33.4 Å². The number of para-hydroxylation sites is 2. The van der Waals surface area contributed by atoms with Crippen LogP contribution in [0.4, 0.5) is 34.1 Å². The number of anilines is 6. The monoisotopic (exact) mass is 766 g/mol. The van der Waals surface area contributed by atoms with E-state index in [2.05, 4.69) is 242 Å². The largest absolute Gasteiger partial charge is 0.310 e. The normalized spacial score (nSPS) is 14.1. The predicted molar refractivity (Wildman–Crippen MR) is 250 cm³/mol. The van der Waals surface area contributed by atoms with E-state index in [4.69, 9.17) is 0 Å². The number of hydrogen-bond acceptors (Lipinski definition) is 2. The van der Waals surface area contributed by atoms with Gasteiger partial charge in [-0.05, 0) is 122 Å². The van der Waals surface area contributed by atoms with Gasteiger partial charge in [-0.25, -0.2) is 0 Å². The number of benzene rings is 9. The average molecular weight is 767 g/mol. The molecule has 3 aliphatic carbocycles. The van der Waals surface area contributed by atoms with E-state index < -0.39 is 5.41 Å². The van der Waals surface area contributed by atoms with Gasteiger partial charge in [0, 0.05) is 39.4 Å². The molecule has 0 atom stereocenters. The lowest BCUT2D eigenvalue weighted by Gasteiger charge is -2.32. The predicted octanol–water partition coefficient (Wildman–Crippen LogP) is 15.3. The van der Waals surface area contributed by atoms with E-state index in [1.165, 1.54) is 66.8 Å². The Bertz CT molecular complexity index is 3100. The second kappa shape index (κ2) is 13.0. The first kappa shape index (κ1) is 34.6. The maximum atomic E-state index is 2.47. The number of nitrogens with zero attached hydrogens (tertiary/aromatic N) is 2. The van der Waals surface area contributed by atoms with Gasteiger partial charge in [-0.2, -0.15) is 0 Å². The van der Waals surface area contributed by atoms with Crippen LogP contribution in [0.15, 0.2) is 218 Å². The minimum Gasteiger partial charge on any atom is -0.310 e. The first-order chi connectivity index (χ1) is 29.5. The molecule has 0 saturated carbocycles. The van der Waals surface area contributed by atoms with Crippen molar-refractivity contribution >= 4 is 34.1 Å². The molecular weight excluding hydrogens is 725 g/mol. The van der Waals surface area contributed by atoms with Crippen molar-refractivity contribution in [1.82, 2.24) is 0 Å². The van der Waals surface area contributed by atoms with Crippen LogP contribution in [-0.4, -0.2) is 0 Å². The lowest BCUT2D eigenvalue weighted by Crippen LogP contribution is -2.26. The molecule has 2 nitrogen and oxygen atoms in total. The molecule has 9 aromatic rings. The molecule has 0 amide bonds. The molecule has 0 aliphatic heterocycles. The molecule has 0 N–H and O–H groups in total. The van der Waals surface area contributed by atoms with Crippen LogP contribution in [0.1, 0.15) is 47.2 Å². The number of hydrogen-bond donors (Lipinski definition) is 0. The molecule has 0 bridgehead atoms. The molecule has 60 heavy (non-hydrogen) atoms. The van der Waals surface area contributed by atoms with Gasteiger partial charge < -0.3 is 9.80 Å². The molecule has 0 unspecified atom stereocenters. The molecule has 0 aromatic heterocycles. The van der Waals surface area contributed by atoms with Crippen molar-refractivity contribution in [2.45, 2.75) is 24.7 Å². The van der Waals surface area contributed by atoms with E-state index in [0.717, 1.165) is 34.1 Å². The molecule has 3 aliphatic rings. The summed E-state index contributed by atoms with van der Waals surface area (Å²) in [4.78, 5) is 4.88. The van der Waals surface area contributed by atoms with Crippen LogP contribution in [-0.2, 0) is 10.8 Å². The molecule has 0 heterocycles. The highest BCUT2D eigenvalue weighted by atomic mass is 15.2. The highest BCUT2D eigenvalue weighted by Crippen LogP contribution is 2.64. The second-order valence-corrected chi connectivity index (χ2v) is 16.8. The van der Waals surface area contributed by atoms with E-state index in [1.54, 1.807) is 0 Å². The third kappa shape index (κ3) is 4.76. The molecule has 0 fully saturated rings. The van der Waals surface area contributed by atoms with Gasteiger partial charge in [0.2, 0.25) is 0 Å². The molecule has 284 valence electrons. The Morgan fingerprint density at radius 3 is 1.33 bits per heavy atom. The van der Waals surface area contributed by atoms with E-state index in [1.807, 2.05) is 0 Å². The summed E-state index contributed by atoms with van der Waals surface area (Å²) >= 11 is 0. The average Bonchev–Trinajstić information content (AvgIpc) is 3.86. The summed E-state index contributed by atoms with van der Waals surface area (Å²) in [5, 5.41) is 0. The Morgan fingerprint density at radius 1 is 0.283 bits per heavy atom. The van der Waals surface area contributed by atoms with Crippen molar-refractivity contribution in [3.05, 3.63) is 252 Å². The zero-order valence-electron chi connectivity index (χ0n) is 33.7. The van der Waals surface area contributed by atoms with E-state index in [0.29, 0.717) is 0 Å². The fraction of sp³-hybridized carbons (Fsp3) is 0.0690. The molecule has 2 heteroatoms. The Hall–Kier alpha value is -7.42. The van der Waals surface area contributed by atoms with Gasteiger partial charge in [-0.1, -0.05) is 172 Å². The van der Waals surface area contributed by atoms with Crippen LogP contribution >= 0.6 is 0 Å². The van der Waals surface area contributed by atoms with Crippen molar-refractivity contribution in [2.24, 2.45) is 0 Å². The van der Waals surface area contributed by atoms with Gasteiger partial charge in [0.1, 0.15) is 0 Å². The Morgan fingerprint density at radius 2 is 0.700 bits per heavy atom. The van der Waals surface area contributed by atoms with Crippen molar-refractivity contribution in [1.29, 1.82) is 0 Å². The minimum absolute atomic E-state index is 0.113. The summed E-state index contributed by atoms with van der Waals surface area (Å²) in [5.41, 5.74) is 22.1. The van der Waals surface area contributed by atoms with Gasteiger partial charge in [-0.3, -0.25) is 0 Å². The molecule has 1 spiro atoms. The fourth-order valence-electron chi connectivity index (χ4n) is 10.9. The maximum Gasteiger partial charge on any atom is 0.0726 e. The summed E-state index contributed by atoms with van der Waals surface area (Å²) in [7, 11) is 0. The van der Waals surface area contributed by atoms with Gasteiger partial charge in [-0.15, -0.1) is 0 Å². The zero-order chi connectivity index (χ0) is 40.0. The van der Waals surface area contributed by atoms with Crippen molar-refractivity contribution in [2.75, 3.05) is 9.80 Å². The quantitative estimate of drug-likeness (QED) is 0.166. The van der Waals surface area contributed by atoms with Crippen LogP contribution in [0, 0.1) is 0 Å². The third-order valence-electron chi connectivity index (χ3n) is 13.4. The second-order valence-electron chi connectivity index (χ2n) is 16.8. The van der Waals surface area contributed by atoms with Gasteiger partial charge >= 0.3 is 0 Å². The molecule has 0 saturated heterocycles. The zero-order valence-corrected chi connectivity index (χ0v) is 33.7. The van der Waals surface area contributed by atoms with Gasteiger partial charge in [0.05, 0.1) is 11.1 Å². The van der Waals surface area contributed by atoms with Crippen LogP contribution in [0.5, 0.6) is 0 Å². The minimum atomic E-state index is -0.426. The van der Waals surface area contributed by atoms with Crippen molar-refractivity contribution < 1.29 is 0 Å². The van der Waals surface area contributed by atoms with E-state index in [9.17, 15) is 0 Å². The summed E-state index contributed by atoms with van der Waals surface area (Å²) in [6, 6.07) is 80.8. The first-order valence-corrected chi connectivity index (χ1v) is 21.0. The Balaban J connectivity index is 1.07. The van der Waals surface area contributed by atoms with Gasteiger partial charge in [0.15, 0.2) is 0 Å². The number of rotatable bonds is 6. The van der Waals surface area contributed by atoms with Crippen molar-refractivity contribution in [3.63, 3.8) is 0 Å². The van der Waals surface area contributed by atoms with E-state index >= 15 is 0 Å². The van der Waals surface area contributed by atoms with Crippen LogP contribution in [0.2, 0.25) is 0 Å². The number of fused-ring (bicyclic) bond motifs is 13. The molecular formula is C58H42N2. The van der Waals surface area contributed by atoms with Crippen LogP contribution in [0.3, 0.4) is 0 Å². The molecule has 12 rings (SSSR count). The molecule has 9 aromatic carbocycles. The Labute approximate surface area is 352 Å². The smallest absolute Gasteiger partial charge is 0.0726 e. The first-order valence-electron chi connectivity index (χ1n) is 21.0. The topological polar surface area (TPSA) is 6.48 Å². The maximum absolute atomic E-state index is 2.47. The standard InChI is InChI=1S/C58H42N2/c1-57(2)49-29-13-9-25-44(49)47-36-35-43(38-54(47)57)59(39-19-5-3-6-20-39)41-23-17-24-42(37-41)60(40-21-7-4-8-22-40)55-34-18-33-53-56(55)48-28-12-16-32-52(48)58(53)50-30-14-10-26-45(50)46-27-11-15-31-51(46)58/h3-38H,1-2H3. The van der Waals surface area contributed by atoms with Crippen LogP contribution in [0.25, 0.3) is 33.4 Å². The molecule has 0 radical (unpaired) electrons. The van der Waals surface area contributed by atoms with Gasteiger partial charge in [0.25, 0.3) is 0 Å². The van der Waals surface area contributed by atoms with Crippen LogP contribution < -0.4 is 9.80 Å². The highest BCUT2D eigenvalue weighted by molar-refractivity contribution is 6.01. The lowest BCUT2D eigenvalue weighted by molar-refractivity contribution is 0.660. The summed E-state index contributed by atoms with van der Waals surface area (Å²) < 4.78 is 0. The fourth-order valence-corrected chi connectivity index (χ4v) is 10.9. The summed E-state index contributed by atoms with van der Waals surface area (Å²) in [5.74, 6) is 0. The Kier molecular flexibility index (Phi) is 7.52. The highest BCUT2D eigenvalue weighted by Gasteiger charge is 2.52. The summed E-state index contributed by atoms with van der Waals surface area (Å²) in [6.07, 6.45) is 0. The summed E-state index contributed by atoms with van der Waals surface area (Å²) in [6.45, 7) is 4.71. The lowest BCUT2D eigenvalue weighted by atomic mass is 9.70. The van der Waals surface area contributed by atoms with E-state index in [-0.39, 0.29) is 5.41 Å².